The van der Waals surface area contributed by atoms with Gasteiger partial charge in [-0.1, -0.05) is 0 Å². The van der Waals surface area contributed by atoms with E-state index in [1.165, 1.54) is 0 Å². The quantitative estimate of drug-likeness (QED) is 0.404. The average molecular weight is 143 g/mol. The van der Waals surface area contributed by atoms with Crippen molar-refractivity contribution >= 4 is 0 Å². The summed E-state index contributed by atoms with van der Waals surface area (Å²) in [4.78, 5) is 0. The molecule has 0 aliphatic carbocycles. The second-order valence-corrected chi connectivity index (χ2v) is 2.14. The van der Waals surface area contributed by atoms with Gasteiger partial charge >= 0.3 is 0 Å². The highest BCUT2D eigenvalue weighted by molar-refractivity contribution is 5.32. The Kier molecular flexibility index (Phi) is 0.712. The molecule has 1 fully saturated rings. The number of aliphatic hydroxyl groups excluding tert-OH is 1. The van der Waals surface area contributed by atoms with Crippen LogP contribution in [0, 0.1) is 0 Å². The van der Waals surface area contributed by atoms with E-state index in [0.717, 1.165) is 12.3 Å². The predicted molar refractivity (Wildman–Crippen MR) is 28.5 cm³/mol. The molecule has 2 rings (SSSR count). The smallest absolute Gasteiger partial charge is 0.294 e. The summed E-state index contributed by atoms with van der Waals surface area (Å²) in [5.41, 5.74) is 0. The molecular formula is C5H5NO4. The summed E-state index contributed by atoms with van der Waals surface area (Å²) in [6.07, 6.45) is 2.09. The molecule has 3 N–H and O–H groups in total. The Morgan fingerprint density at radius 2 is 2.30 bits per heavy atom. The van der Waals surface area contributed by atoms with E-state index in [1.54, 1.807) is 0 Å². The lowest BCUT2D eigenvalue weighted by Gasteiger charge is -2.11. The zero-order valence-electron chi connectivity index (χ0n) is 4.85. The highest BCUT2D eigenvalue weighted by Crippen LogP contribution is 2.43. The Hall–Kier alpha value is -1.20. The van der Waals surface area contributed by atoms with Gasteiger partial charge in [0, 0.05) is 0 Å². The predicted octanol–water partition coefficient (Wildman–Crippen LogP) is -0.349. The number of fused-ring (bicyclic) bond motifs is 1. The summed E-state index contributed by atoms with van der Waals surface area (Å²) in [6.45, 7) is 0. The van der Waals surface area contributed by atoms with Crippen LogP contribution in [0.25, 0.3) is 0 Å². The van der Waals surface area contributed by atoms with E-state index in [2.05, 4.69) is 4.74 Å². The van der Waals surface area contributed by atoms with E-state index in [4.69, 9.17) is 15.4 Å². The maximum absolute atomic E-state index is 9.07. The first-order valence-electron chi connectivity index (χ1n) is 2.65. The molecule has 0 bridgehead atoms. The van der Waals surface area contributed by atoms with E-state index in [0.29, 0.717) is 5.06 Å². The third-order valence-electron chi connectivity index (χ3n) is 1.38. The van der Waals surface area contributed by atoms with Crippen LogP contribution < -0.4 is 0 Å². The summed E-state index contributed by atoms with van der Waals surface area (Å²) in [5, 5.41) is 27.1. The van der Waals surface area contributed by atoms with E-state index in [1.807, 2.05) is 0 Å². The largest absolute Gasteiger partial charge is 0.493 e. The fourth-order valence-electron chi connectivity index (χ4n) is 0.780. The van der Waals surface area contributed by atoms with Crippen LogP contribution in [0.4, 0.5) is 0 Å². The molecule has 2 aliphatic heterocycles. The molecule has 0 aromatic heterocycles. The van der Waals surface area contributed by atoms with Gasteiger partial charge in [-0.25, -0.2) is 0 Å². The van der Waals surface area contributed by atoms with Gasteiger partial charge in [0.05, 0.1) is 12.3 Å². The minimum Gasteiger partial charge on any atom is -0.493 e. The number of aliphatic hydroxyl groups is 2. The van der Waals surface area contributed by atoms with Gasteiger partial charge in [-0.15, -0.1) is 0 Å². The number of rotatable bonds is 0. The van der Waals surface area contributed by atoms with E-state index >= 15 is 0 Å². The standard InChI is InChI=1S/C5H5NO4/c7-4-1-5(8)3(10-5)2-6(4)9/h1-2,7-9H. The molecule has 1 unspecified atom stereocenters. The molecule has 0 aromatic carbocycles. The number of hydroxylamine groups is 2. The monoisotopic (exact) mass is 143 g/mol. The molecule has 1 atom stereocenters. The fourth-order valence-corrected chi connectivity index (χ4v) is 0.780. The third-order valence-corrected chi connectivity index (χ3v) is 1.38. The fraction of sp³-hybridized carbons (Fsp3) is 0.200. The Balaban J connectivity index is 2.36. The Morgan fingerprint density at radius 1 is 1.60 bits per heavy atom. The van der Waals surface area contributed by atoms with Gasteiger partial charge in [0.1, 0.15) is 0 Å². The van der Waals surface area contributed by atoms with Crippen molar-refractivity contribution in [3.63, 3.8) is 0 Å². The SMILES string of the molecule is OC1=CC2(O)OC2=CN1O. The lowest BCUT2D eigenvalue weighted by atomic mass is 10.3. The van der Waals surface area contributed by atoms with Crippen molar-refractivity contribution in [3.8, 4) is 0 Å². The summed E-state index contributed by atoms with van der Waals surface area (Å²) < 4.78 is 4.58. The third kappa shape index (κ3) is 0.529. The van der Waals surface area contributed by atoms with Crippen LogP contribution in [0.5, 0.6) is 0 Å². The molecule has 5 nitrogen and oxygen atoms in total. The molecule has 10 heavy (non-hydrogen) atoms. The molecule has 54 valence electrons. The van der Waals surface area contributed by atoms with Gasteiger partial charge in [0.25, 0.3) is 5.79 Å². The van der Waals surface area contributed by atoms with E-state index < -0.39 is 11.7 Å². The maximum atomic E-state index is 9.07. The van der Waals surface area contributed by atoms with Crippen molar-refractivity contribution < 1.29 is 20.2 Å². The molecule has 1 saturated heterocycles. The number of ether oxygens (including phenoxy) is 1. The van der Waals surface area contributed by atoms with E-state index in [-0.39, 0.29) is 5.76 Å². The molecule has 2 heterocycles. The van der Waals surface area contributed by atoms with Gasteiger partial charge < -0.3 is 14.9 Å². The zero-order valence-corrected chi connectivity index (χ0v) is 4.85. The summed E-state index contributed by atoms with van der Waals surface area (Å²) in [5.74, 6) is -1.67. The van der Waals surface area contributed by atoms with Crippen molar-refractivity contribution in [2.24, 2.45) is 0 Å². The second kappa shape index (κ2) is 1.28. The Labute approximate surface area is 56.0 Å². The normalized spacial score (nSPS) is 35.6. The van der Waals surface area contributed by atoms with Crippen molar-refractivity contribution in [2.45, 2.75) is 5.79 Å². The first kappa shape index (κ1) is 5.57. The van der Waals surface area contributed by atoms with Crippen LogP contribution in [0.2, 0.25) is 0 Å². The molecule has 0 spiro atoms. The highest BCUT2D eigenvalue weighted by atomic mass is 16.7. The Bertz CT molecular complexity index is 246. The van der Waals surface area contributed by atoms with Crippen molar-refractivity contribution in [1.29, 1.82) is 0 Å². The molecular weight excluding hydrogens is 138 g/mol. The topological polar surface area (TPSA) is 76.5 Å². The van der Waals surface area contributed by atoms with Crippen LogP contribution in [0.1, 0.15) is 0 Å². The number of hydrogen-bond acceptors (Lipinski definition) is 5. The van der Waals surface area contributed by atoms with Crippen molar-refractivity contribution in [1.82, 2.24) is 5.06 Å². The first-order valence-corrected chi connectivity index (χ1v) is 2.65. The van der Waals surface area contributed by atoms with Crippen LogP contribution in [0.3, 0.4) is 0 Å². The van der Waals surface area contributed by atoms with Crippen LogP contribution in [-0.2, 0) is 4.74 Å². The molecule has 0 saturated carbocycles. The Morgan fingerprint density at radius 3 is 2.90 bits per heavy atom. The molecule has 0 aromatic rings. The van der Waals surface area contributed by atoms with Gasteiger partial charge in [-0.05, 0) is 0 Å². The summed E-state index contributed by atoms with van der Waals surface area (Å²) >= 11 is 0. The molecule has 5 heteroatoms. The minimum absolute atomic E-state index is 0.229. The second-order valence-electron chi connectivity index (χ2n) is 2.14. The lowest BCUT2D eigenvalue weighted by Crippen LogP contribution is -2.19. The summed E-state index contributed by atoms with van der Waals surface area (Å²) in [6, 6.07) is 0. The van der Waals surface area contributed by atoms with Crippen molar-refractivity contribution in [3.05, 3.63) is 23.9 Å². The first-order chi connectivity index (χ1) is 4.62. The number of epoxide rings is 1. The van der Waals surface area contributed by atoms with Gasteiger partial charge in [0.15, 0.2) is 5.76 Å². The van der Waals surface area contributed by atoms with Crippen LogP contribution in [0.15, 0.2) is 23.9 Å². The average Bonchev–Trinajstić information content (AvgIpc) is 2.41. The zero-order chi connectivity index (χ0) is 7.35. The van der Waals surface area contributed by atoms with Crippen LogP contribution >= 0.6 is 0 Å². The summed E-state index contributed by atoms with van der Waals surface area (Å²) in [7, 11) is 0. The van der Waals surface area contributed by atoms with Crippen LogP contribution in [-0.4, -0.2) is 26.3 Å². The molecule has 0 radical (unpaired) electrons. The van der Waals surface area contributed by atoms with Gasteiger partial charge in [-0.2, -0.15) is 5.06 Å². The van der Waals surface area contributed by atoms with Gasteiger partial charge in [-0.3, -0.25) is 5.21 Å². The van der Waals surface area contributed by atoms with Gasteiger partial charge in [0.2, 0.25) is 5.88 Å². The van der Waals surface area contributed by atoms with E-state index in [9.17, 15) is 0 Å². The molecule has 2 aliphatic rings. The minimum atomic E-state index is -1.46. The number of hydrogen-bond donors (Lipinski definition) is 3. The highest BCUT2D eigenvalue weighted by Gasteiger charge is 2.53. The number of nitrogens with zero attached hydrogens (tertiary/aromatic N) is 1. The lowest BCUT2D eigenvalue weighted by molar-refractivity contribution is -0.0531. The maximum Gasteiger partial charge on any atom is 0.294 e. The molecule has 0 amide bonds. The van der Waals surface area contributed by atoms with Crippen molar-refractivity contribution in [2.75, 3.05) is 0 Å².